The van der Waals surface area contributed by atoms with Crippen molar-refractivity contribution in [3.8, 4) is 0 Å². The van der Waals surface area contributed by atoms with Gasteiger partial charge in [0.1, 0.15) is 5.82 Å². The lowest BCUT2D eigenvalue weighted by Gasteiger charge is -2.12. The van der Waals surface area contributed by atoms with Crippen LogP contribution in [0.1, 0.15) is 43.8 Å². The van der Waals surface area contributed by atoms with Gasteiger partial charge in [0, 0.05) is 32.0 Å². The third kappa shape index (κ3) is 5.64. The molecule has 0 unspecified atom stereocenters. The number of nitrogens with zero attached hydrogens (tertiary/aromatic N) is 2. The van der Waals surface area contributed by atoms with Gasteiger partial charge in [-0.3, -0.25) is 4.79 Å². The molecule has 134 valence electrons. The van der Waals surface area contributed by atoms with Crippen LogP contribution in [0.2, 0.25) is 5.15 Å². The van der Waals surface area contributed by atoms with Gasteiger partial charge < -0.3 is 15.0 Å². The van der Waals surface area contributed by atoms with Crippen molar-refractivity contribution in [1.82, 2.24) is 9.55 Å². The molecule has 0 aliphatic rings. The summed E-state index contributed by atoms with van der Waals surface area (Å²) in [6, 6.07) is 7.79. The number of aryl methyl sites for hydroxylation is 1. The Morgan fingerprint density at radius 3 is 2.72 bits per heavy atom. The monoisotopic (exact) mass is 361 g/mol. The summed E-state index contributed by atoms with van der Waals surface area (Å²) in [6.45, 7) is 4.19. The number of nitrogens with two attached hydrogens (primary N) is 1. The van der Waals surface area contributed by atoms with E-state index in [1.54, 1.807) is 6.08 Å². The van der Waals surface area contributed by atoms with Crippen molar-refractivity contribution in [3.63, 3.8) is 0 Å². The maximum absolute atomic E-state index is 10.9. The number of aromatic nitrogens is 2. The number of halogens is 1. The van der Waals surface area contributed by atoms with Crippen LogP contribution in [0.3, 0.4) is 0 Å². The minimum absolute atomic E-state index is 0.346. The summed E-state index contributed by atoms with van der Waals surface area (Å²) in [6.07, 6.45) is 6.73. The zero-order valence-corrected chi connectivity index (χ0v) is 15.4. The molecule has 0 aliphatic carbocycles. The van der Waals surface area contributed by atoms with Crippen LogP contribution in [0.5, 0.6) is 0 Å². The van der Waals surface area contributed by atoms with Gasteiger partial charge in [-0.15, -0.1) is 0 Å². The van der Waals surface area contributed by atoms with Gasteiger partial charge in [0.2, 0.25) is 0 Å². The Morgan fingerprint density at radius 1 is 1.36 bits per heavy atom. The number of carbonyl (C=O) groups is 1. The first-order valence-corrected chi connectivity index (χ1v) is 8.79. The Bertz CT molecular complexity index is 736. The quantitative estimate of drug-likeness (QED) is 0.436. The fraction of sp³-hybridized carbons (Fsp3) is 0.368. The molecule has 0 saturated carbocycles. The summed E-state index contributed by atoms with van der Waals surface area (Å²) in [5.74, 6) is 0.626. The van der Waals surface area contributed by atoms with Crippen LogP contribution in [0.4, 0.5) is 5.69 Å². The molecular formula is C19H24ClN3O2. The normalized spacial score (nSPS) is 11.2. The number of ether oxygens (including phenoxy) is 1. The summed E-state index contributed by atoms with van der Waals surface area (Å²) >= 11 is 6.37. The van der Waals surface area contributed by atoms with E-state index in [-0.39, 0.29) is 5.97 Å². The van der Waals surface area contributed by atoms with E-state index in [2.05, 4.69) is 16.5 Å². The topological polar surface area (TPSA) is 70.1 Å². The molecule has 0 spiro atoms. The van der Waals surface area contributed by atoms with Crippen molar-refractivity contribution in [3.05, 3.63) is 58.8 Å². The third-order valence-electron chi connectivity index (χ3n) is 3.82. The first-order valence-electron chi connectivity index (χ1n) is 8.41. The van der Waals surface area contributed by atoms with Crippen LogP contribution in [0.15, 0.2) is 36.6 Å². The summed E-state index contributed by atoms with van der Waals surface area (Å²) < 4.78 is 6.98. The molecule has 2 aromatic rings. The molecule has 0 atom stereocenters. The summed E-state index contributed by atoms with van der Waals surface area (Å²) in [7, 11) is 0. The van der Waals surface area contributed by atoms with Gasteiger partial charge >= 0.3 is 5.97 Å². The number of benzene rings is 1. The Kier molecular flexibility index (Phi) is 7.07. The van der Waals surface area contributed by atoms with E-state index in [0.717, 1.165) is 42.0 Å². The van der Waals surface area contributed by atoms with Gasteiger partial charge in [0.05, 0.1) is 12.0 Å². The fourth-order valence-corrected chi connectivity index (χ4v) is 2.80. The van der Waals surface area contributed by atoms with Crippen molar-refractivity contribution in [2.24, 2.45) is 0 Å². The predicted octanol–water partition coefficient (Wildman–Crippen LogP) is 4.13. The molecule has 0 amide bonds. The maximum atomic E-state index is 10.9. The van der Waals surface area contributed by atoms with Crippen LogP contribution in [-0.2, 0) is 28.9 Å². The van der Waals surface area contributed by atoms with Gasteiger partial charge in [-0.2, -0.15) is 0 Å². The highest BCUT2D eigenvalue weighted by atomic mass is 35.5. The number of rotatable bonds is 8. The van der Waals surface area contributed by atoms with E-state index in [1.165, 1.54) is 13.2 Å². The van der Waals surface area contributed by atoms with Gasteiger partial charge in [0.25, 0.3) is 0 Å². The fourth-order valence-electron chi connectivity index (χ4n) is 2.52. The Morgan fingerprint density at radius 2 is 2.08 bits per heavy atom. The average Bonchev–Trinajstić information content (AvgIpc) is 2.87. The zero-order chi connectivity index (χ0) is 18.2. The number of hydrogen-bond donors (Lipinski definition) is 1. The minimum atomic E-state index is -0.346. The molecule has 1 aromatic heterocycles. The van der Waals surface area contributed by atoms with Gasteiger partial charge in [-0.1, -0.05) is 37.1 Å². The minimum Gasteiger partial charge on any atom is -0.435 e. The van der Waals surface area contributed by atoms with E-state index in [4.69, 9.17) is 22.1 Å². The van der Waals surface area contributed by atoms with Crippen LogP contribution in [0, 0.1) is 0 Å². The van der Waals surface area contributed by atoms with Gasteiger partial charge in [-0.05, 0) is 30.2 Å². The Balaban J connectivity index is 2.26. The van der Waals surface area contributed by atoms with Gasteiger partial charge in [0.15, 0.2) is 5.15 Å². The highest BCUT2D eigenvalue weighted by molar-refractivity contribution is 6.30. The largest absolute Gasteiger partial charge is 0.435 e. The zero-order valence-electron chi connectivity index (χ0n) is 14.7. The number of esters is 1. The maximum Gasteiger partial charge on any atom is 0.307 e. The summed E-state index contributed by atoms with van der Waals surface area (Å²) in [5, 5.41) is 0.494. The van der Waals surface area contributed by atoms with Crippen LogP contribution in [0.25, 0.3) is 0 Å². The second-order valence-corrected chi connectivity index (χ2v) is 6.24. The molecule has 1 heterocycles. The van der Waals surface area contributed by atoms with Crippen molar-refractivity contribution in [1.29, 1.82) is 0 Å². The number of nitrogen functional groups attached to an aromatic ring is 1. The van der Waals surface area contributed by atoms with Crippen molar-refractivity contribution in [2.75, 3.05) is 5.73 Å². The van der Waals surface area contributed by atoms with E-state index >= 15 is 0 Å². The molecular weight excluding hydrogens is 338 g/mol. The molecule has 2 rings (SSSR count). The van der Waals surface area contributed by atoms with E-state index in [0.29, 0.717) is 18.1 Å². The number of unbranched alkanes of at least 4 members (excludes halogenated alkanes) is 1. The molecule has 0 bridgehead atoms. The van der Waals surface area contributed by atoms with Crippen LogP contribution in [-0.4, -0.2) is 15.5 Å². The second-order valence-electron chi connectivity index (χ2n) is 5.88. The van der Waals surface area contributed by atoms with Crippen molar-refractivity contribution < 1.29 is 9.53 Å². The number of anilines is 1. The van der Waals surface area contributed by atoms with Gasteiger partial charge in [-0.25, -0.2) is 4.98 Å². The smallest absolute Gasteiger partial charge is 0.307 e. The van der Waals surface area contributed by atoms with E-state index in [9.17, 15) is 4.79 Å². The first-order chi connectivity index (χ1) is 12.0. The number of allylic oxidation sites excluding steroid dienone is 1. The Labute approximate surface area is 153 Å². The SMILES string of the molecule is CCCCc1nc(Cl)c(CC=COC(C)=O)n1Cc1ccc(N)cc1. The molecule has 1 aromatic carbocycles. The van der Waals surface area contributed by atoms with Crippen molar-refractivity contribution >= 4 is 23.3 Å². The highest BCUT2D eigenvalue weighted by Crippen LogP contribution is 2.22. The molecule has 0 aliphatic heterocycles. The summed E-state index contributed by atoms with van der Waals surface area (Å²) in [5.41, 5.74) is 8.54. The molecule has 2 N–H and O–H groups in total. The Hall–Kier alpha value is -2.27. The summed E-state index contributed by atoms with van der Waals surface area (Å²) in [4.78, 5) is 15.4. The molecule has 0 saturated heterocycles. The standard InChI is InChI=1S/C19H24ClN3O2/c1-3-4-7-18-22-19(20)17(6-5-12-25-14(2)24)23(18)13-15-8-10-16(21)11-9-15/h5,8-12H,3-4,6-7,13,21H2,1-2H3. The molecule has 0 fully saturated rings. The number of hydrogen-bond acceptors (Lipinski definition) is 4. The first kappa shape index (κ1) is 19.1. The van der Waals surface area contributed by atoms with Crippen molar-refractivity contribution in [2.45, 2.75) is 46.1 Å². The van der Waals surface area contributed by atoms with Crippen LogP contribution < -0.4 is 5.73 Å². The molecule has 5 nitrogen and oxygen atoms in total. The van der Waals surface area contributed by atoms with E-state index in [1.807, 2.05) is 24.3 Å². The lowest BCUT2D eigenvalue weighted by Crippen LogP contribution is -2.09. The molecule has 6 heteroatoms. The third-order valence-corrected chi connectivity index (χ3v) is 4.12. The second kappa shape index (κ2) is 9.28. The van der Waals surface area contributed by atoms with E-state index < -0.39 is 0 Å². The lowest BCUT2D eigenvalue weighted by atomic mass is 10.2. The molecule has 0 radical (unpaired) electrons. The molecule has 25 heavy (non-hydrogen) atoms. The number of imidazole rings is 1. The highest BCUT2D eigenvalue weighted by Gasteiger charge is 2.15. The predicted molar refractivity (Wildman–Crippen MR) is 100 cm³/mol. The average molecular weight is 362 g/mol. The number of carbonyl (C=O) groups excluding carboxylic acids is 1. The lowest BCUT2D eigenvalue weighted by molar-refractivity contribution is -0.135. The van der Waals surface area contributed by atoms with Crippen LogP contribution >= 0.6 is 11.6 Å².